The maximum Gasteiger partial charge on any atom is 0.437 e. The van der Waals surface area contributed by atoms with Gasteiger partial charge in [-0.05, 0) is 65.7 Å². The van der Waals surface area contributed by atoms with Crippen molar-refractivity contribution in [3.05, 3.63) is 33.8 Å². The van der Waals surface area contributed by atoms with Gasteiger partial charge in [0.2, 0.25) is 5.96 Å². The molecular formula is C24H36BrN5O5. The number of amides is 4. The van der Waals surface area contributed by atoms with Crippen LogP contribution in [-0.4, -0.2) is 82.4 Å². The highest BCUT2D eigenvalue weighted by Gasteiger charge is 2.35. The predicted octanol–water partition coefficient (Wildman–Crippen LogP) is 5.00. The highest BCUT2D eigenvalue weighted by Crippen LogP contribution is 2.22. The first kappa shape index (κ1) is 28.4. The van der Waals surface area contributed by atoms with E-state index in [4.69, 9.17) is 9.47 Å². The molecule has 194 valence electrons. The first-order valence-corrected chi connectivity index (χ1v) is 12.0. The molecule has 1 heterocycles. The van der Waals surface area contributed by atoms with Gasteiger partial charge < -0.3 is 24.2 Å². The normalized spacial score (nSPS) is 15.3. The summed E-state index contributed by atoms with van der Waals surface area (Å²) in [5, 5.41) is 0. The molecule has 0 bridgehead atoms. The molecule has 2 rings (SSSR count). The summed E-state index contributed by atoms with van der Waals surface area (Å²) in [7, 11) is 3.26. The standard InChI is InChI=1S/C24H36BrN5O5/c1-16-10-11-17(12-18(16)25)13-30(22(33)35-24(5,6)7)19(26-20(31)34-23(2,3)4)29-14-27(8)21(32)28(9)15-29/h10-12H,13-15H2,1-9H3/b26-19+. The lowest BCUT2D eigenvalue weighted by molar-refractivity contribution is 0.0300. The summed E-state index contributed by atoms with van der Waals surface area (Å²) in [4.78, 5) is 48.6. The number of halogens is 1. The zero-order valence-corrected chi connectivity index (χ0v) is 23.6. The van der Waals surface area contributed by atoms with E-state index < -0.39 is 23.4 Å². The fourth-order valence-electron chi connectivity index (χ4n) is 3.22. The molecule has 0 radical (unpaired) electrons. The summed E-state index contributed by atoms with van der Waals surface area (Å²) in [6.45, 7) is 12.7. The molecule has 0 saturated carbocycles. The largest absolute Gasteiger partial charge is 0.443 e. The van der Waals surface area contributed by atoms with Crippen molar-refractivity contribution in [2.45, 2.75) is 66.2 Å². The third-order valence-electron chi connectivity index (χ3n) is 4.72. The molecule has 1 aliphatic rings. The summed E-state index contributed by atoms with van der Waals surface area (Å²) in [5.74, 6) is 0.0244. The Morgan fingerprint density at radius 1 is 1.03 bits per heavy atom. The Kier molecular flexibility index (Phi) is 8.80. The second-order valence-corrected chi connectivity index (χ2v) is 11.4. The van der Waals surface area contributed by atoms with E-state index in [0.717, 1.165) is 15.6 Å². The number of aliphatic imine (C=N–C) groups is 1. The van der Waals surface area contributed by atoms with E-state index in [1.165, 1.54) is 14.7 Å². The molecule has 0 aliphatic carbocycles. The Hall–Kier alpha value is -2.82. The summed E-state index contributed by atoms with van der Waals surface area (Å²) < 4.78 is 12.0. The predicted molar refractivity (Wildman–Crippen MR) is 137 cm³/mol. The number of ether oxygens (including phenoxy) is 2. The van der Waals surface area contributed by atoms with Gasteiger partial charge in [0.1, 0.15) is 11.2 Å². The van der Waals surface area contributed by atoms with Gasteiger partial charge in [0, 0.05) is 18.6 Å². The summed E-state index contributed by atoms with van der Waals surface area (Å²) in [6, 6.07) is 5.53. The second kappa shape index (κ2) is 10.8. The molecule has 1 aromatic carbocycles. The number of carbonyl (C=O) groups excluding carboxylic acids is 3. The average molecular weight is 554 g/mol. The number of urea groups is 1. The third kappa shape index (κ3) is 8.41. The fourth-order valence-corrected chi connectivity index (χ4v) is 3.64. The molecule has 1 fully saturated rings. The Morgan fingerprint density at radius 2 is 1.57 bits per heavy atom. The van der Waals surface area contributed by atoms with Gasteiger partial charge >= 0.3 is 18.2 Å². The van der Waals surface area contributed by atoms with E-state index >= 15 is 0 Å². The molecule has 11 heteroatoms. The van der Waals surface area contributed by atoms with E-state index in [2.05, 4.69) is 20.9 Å². The number of nitrogens with zero attached hydrogens (tertiary/aromatic N) is 5. The number of rotatable bonds is 2. The van der Waals surface area contributed by atoms with Crippen LogP contribution in [0.5, 0.6) is 0 Å². The highest BCUT2D eigenvalue weighted by molar-refractivity contribution is 9.10. The van der Waals surface area contributed by atoms with Gasteiger partial charge in [-0.25, -0.2) is 19.3 Å². The molecule has 0 unspecified atom stereocenters. The summed E-state index contributed by atoms with van der Waals surface area (Å²) in [6.07, 6.45) is -1.54. The number of benzene rings is 1. The average Bonchev–Trinajstić information content (AvgIpc) is 2.68. The zero-order valence-electron chi connectivity index (χ0n) is 22.0. The molecule has 1 aliphatic heterocycles. The van der Waals surface area contributed by atoms with Crippen LogP contribution in [0.3, 0.4) is 0 Å². The van der Waals surface area contributed by atoms with Gasteiger partial charge in [-0.15, -0.1) is 4.99 Å². The summed E-state index contributed by atoms with van der Waals surface area (Å²) >= 11 is 3.53. The van der Waals surface area contributed by atoms with Crippen LogP contribution in [0.1, 0.15) is 52.7 Å². The van der Waals surface area contributed by atoms with Crippen LogP contribution < -0.4 is 0 Å². The van der Waals surface area contributed by atoms with Gasteiger partial charge in [-0.1, -0.05) is 28.1 Å². The van der Waals surface area contributed by atoms with Crippen molar-refractivity contribution >= 4 is 40.1 Å². The third-order valence-corrected chi connectivity index (χ3v) is 5.57. The van der Waals surface area contributed by atoms with Crippen LogP contribution in [0.15, 0.2) is 27.7 Å². The van der Waals surface area contributed by atoms with Gasteiger partial charge in [0.25, 0.3) is 0 Å². The van der Waals surface area contributed by atoms with Crippen molar-refractivity contribution in [2.24, 2.45) is 4.99 Å². The lowest BCUT2D eigenvalue weighted by Crippen LogP contribution is -2.60. The fraction of sp³-hybridized carbons (Fsp3) is 0.583. The van der Waals surface area contributed by atoms with E-state index in [0.29, 0.717) is 0 Å². The molecule has 1 aromatic rings. The molecule has 0 atom stereocenters. The van der Waals surface area contributed by atoms with Gasteiger partial charge in [-0.2, -0.15) is 0 Å². The maximum absolute atomic E-state index is 13.4. The first-order valence-electron chi connectivity index (χ1n) is 11.3. The molecule has 1 saturated heterocycles. The first-order chi connectivity index (χ1) is 16.0. The van der Waals surface area contributed by atoms with E-state index in [1.54, 1.807) is 60.5 Å². The van der Waals surface area contributed by atoms with Crippen LogP contribution in [-0.2, 0) is 16.0 Å². The highest BCUT2D eigenvalue weighted by atomic mass is 79.9. The molecule has 35 heavy (non-hydrogen) atoms. The van der Waals surface area contributed by atoms with Crippen LogP contribution in [0, 0.1) is 6.92 Å². The van der Waals surface area contributed by atoms with Crippen LogP contribution in [0.2, 0.25) is 0 Å². The van der Waals surface area contributed by atoms with E-state index in [9.17, 15) is 14.4 Å². The topological polar surface area (TPSA) is 95.0 Å². The number of aryl methyl sites for hydroxylation is 1. The Balaban J connectivity index is 2.59. The monoisotopic (exact) mass is 553 g/mol. The van der Waals surface area contributed by atoms with Crippen molar-refractivity contribution in [3.8, 4) is 0 Å². The van der Waals surface area contributed by atoms with Crippen molar-refractivity contribution < 1.29 is 23.9 Å². The second-order valence-electron chi connectivity index (χ2n) is 10.5. The molecule has 4 amide bonds. The lowest BCUT2D eigenvalue weighted by Gasteiger charge is -2.42. The van der Waals surface area contributed by atoms with Crippen molar-refractivity contribution in [1.29, 1.82) is 0 Å². The van der Waals surface area contributed by atoms with Crippen molar-refractivity contribution in [3.63, 3.8) is 0 Å². The Morgan fingerprint density at radius 3 is 2.06 bits per heavy atom. The number of guanidine groups is 1. The van der Waals surface area contributed by atoms with E-state index in [-0.39, 0.29) is 31.9 Å². The quantitative estimate of drug-likeness (QED) is 0.377. The number of hydrogen-bond donors (Lipinski definition) is 0. The van der Waals surface area contributed by atoms with Crippen molar-refractivity contribution in [1.82, 2.24) is 19.6 Å². The van der Waals surface area contributed by atoms with Gasteiger partial charge in [0.15, 0.2) is 0 Å². The zero-order chi connectivity index (χ0) is 26.7. The Bertz CT molecular complexity index is 985. The lowest BCUT2D eigenvalue weighted by atomic mass is 10.1. The number of carbonyl (C=O) groups is 3. The van der Waals surface area contributed by atoms with E-state index in [1.807, 2.05) is 25.1 Å². The van der Waals surface area contributed by atoms with Gasteiger partial charge in [-0.3, -0.25) is 0 Å². The molecule has 0 N–H and O–H groups in total. The summed E-state index contributed by atoms with van der Waals surface area (Å²) in [5.41, 5.74) is 0.263. The van der Waals surface area contributed by atoms with Crippen molar-refractivity contribution in [2.75, 3.05) is 27.4 Å². The minimum Gasteiger partial charge on any atom is -0.443 e. The van der Waals surface area contributed by atoms with Crippen LogP contribution in [0.25, 0.3) is 0 Å². The Labute approximate surface area is 216 Å². The molecular weight excluding hydrogens is 518 g/mol. The minimum absolute atomic E-state index is 0.0244. The van der Waals surface area contributed by atoms with Crippen LogP contribution in [0.4, 0.5) is 14.4 Å². The minimum atomic E-state index is -0.853. The maximum atomic E-state index is 13.4. The smallest absolute Gasteiger partial charge is 0.437 e. The molecule has 10 nitrogen and oxygen atoms in total. The van der Waals surface area contributed by atoms with Crippen LogP contribution >= 0.6 is 15.9 Å². The molecule has 0 spiro atoms. The number of hydrogen-bond acceptors (Lipinski definition) is 5. The van der Waals surface area contributed by atoms with Gasteiger partial charge in [0.05, 0.1) is 19.9 Å². The molecule has 0 aromatic heterocycles. The SMILES string of the molecule is Cc1ccc(CN(C(=O)OC(C)(C)C)/C(=N/C(=O)OC(C)(C)C)N2CN(C)C(=O)N(C)C2)cc1Br.